The number of carbonyl (C=O) groups excluding carboxylic acids is 1. The maximum absolute atomic E-state index is 12.1. The molecule has 1 heterocycles. The summed E-state index contributed by atoms with van der Waals surface area (Å²) < 4.78 is 5.26. The van der Waals surface area contributed by atoms with Crippen molar-refractivity contribution >= 4 is 18.3 Å². The second kappa shape index (κ2) is 8.72. The van der Waals surface area contributed by atoms with Crippen LogP contribution < -0.4 is 5.32 Å². The minimum Gasteiger partial charge on any atom is -0.380 e. The predicted octanol–water partition coefficient (Wildman–Crippen LogP) is 1.29. The number of amides is 1. The van der Waals surface area contributed by atoms with Crippen LogP contribution in [0.1, 0.15) is 26.7 Å². The van der Waals surface area contributed by atoms with Crippen LogP contribution in [-0.2, 0) is 9.53 Å². The van der Waals surface area contributed by atoms with Crippen molar-refractivity contribution in [3.05, 3.63) is 0 Å². The average molecular weight is 265 g/mol. The van der Waals surface area contributed by atoms with Crippen molar-refractivity contribution in [2.24, 2.45) is 5.92 Å². The minimum absolute atomic E-state index is 0. The molecule has 1 aliphatic heterocycles. The Labute approximate surface area is 110 Å². The zero-order chi connectivity index (χ0) is 12.0. The van der Waals surface area contributed by atoms with Crippen LogP contribution in [0, 0.1) is 5.92 Å². The Kier molecular flexibility index (Phi) is 8.56. The average Bonchev–Trinajstić information content (AvgIpc) is 2.28. The van der Waals surface area contributed by atoms with E-state index in [2.05, 4.69) is 12.2 Å². The molecule has 4 nitrogen and oxygen atoms in total. The second-order valence-corrected chi connectivity index (χ2v) is 4.53. The number of likely N-dealkylation sites (N-methyl/N-ethyl adjacent to an activating group) is 1. The molecule has 1 aliphatic rings. The van der Waals surface area contributed by atoms with Crippen LogP contribution in [0.3, 0.4) is 0 Å². The smallest absolute Gasteiger partial charge is 0.225 e. The van der Waals surface area contributed by atoms with E-state index in [0.717, 1.165) is 19.4 Å². The highest BCUT2D eigenvalue weighted by Crippen LogP contribution is 2.18. The first-order chi connectivity index (χ1) is 7.65. The highest BCUT2D eigenvalue weighted by Gasteiger charge is 2.26. The zero-order valence-electron chi connectivity index (χ0n) is 11.1. The van der Waals surface area contributed by atoms with Gasteiger partial charge in [-0.25, -0.2) is 0 Å². The van der Waals surface area contributed by atoms with Crippen LogP contribution in [0.5, 0.6) is 0 Å². The van der Waals surface area contributed by atoms with Gasteiger partial charge in [0, 0.05) is 32.2 Å². The molecule has 0 spiro atoms. The van der Waals surface area contributed by atoms with Crippen LogP contribution >= 0.6 is 12.4 Å². The molecule has 17 heavy (non-hydrogen) atoms. The van der Waals surface area contributed by atoms with Gasteiger partial charge in [0.2, 0.25) is 5.91 Å². The van der Waals surface area contributed by atoms with E-state index >= 15 is 0 Å². The summed E-state index contributed by atoms with van der Waals surface area (Å²) in [7, 11) is 1.87. The number of halogens is 1. The molecule has 2 atom stereocenters. The molecule has 1 N–H and O–H groups in total. The molecular formula is C12H25ClN2O2. The Hall–Kier alpha value is -0.320. The number of rotatable bonds is 5. The molecule has 0 aromatic rings. The third kappa shape index (κ3) is 5.70. The van der Waals surface area contributed by atoms with Crippen LogP contribution in [-0.4, -0.2) is 50.2 Å². The number of ether oxygens (including phenoxy) is 1. The fourth-order valence-electron chi connectivity index (χ4n) is 2.12. The predicted molar refractivity (Wildman–Crippen MR) is 71.6 cm³/mol. The monoisotopic (exact) mass is 264 g/mol. The zero-order valence-corrected chi connectivity index (χ0v) is 11.9. The van der Waals surface area contributed by atoms with E-state index in [1.807, 2.05) is 14.0 Å². The first-order valence-electron chi connectivity index (χ1n) is 6.21. The Morgan fingerprint density at radius 1 is 1.53 bits per heavy atom. The lowest BCUT2D eigenvalue weighted by Crippen LogP contribution is -2.43. The Balaban J connectivity index is 0.00000256. The number of nitrogens with one attached hydrogen (secondary N) is 1. The maximum Gasteiger partial charge on any atom is 0.225 e. The molecule has 102 valence electrons. The minimum atomic E-state index is 0. The first kappa shape index (κ1) is 16.7. The lowest BCUT2D eigenvalue weighted by atomic mass is 9.92. The van der Waals surface area contributed by atoms with E-state index in [1.54, 1.807) is 4.90 Å². The summed E-state index contributed by atoms with van der Waals surface area (Å²) in [4.78, 5) is 13.9. The standard InChI is InChI=1S/C12H24N2O2.ClH/c1-4-16-8-7-14(3)12(15)11-5-6-13-10(2)9-11;/h10-11,13H,4-9H2,1-3H3;1H/t10-,11-;/m0./s1. The van der Waals surface area contributed by atoms with Gasteiger partial charge in [-0.3, -0.25) is 4.79 Å². The quantitative estimate of drug-likeness (QED) is 0.761. The van der Waals surface area contributed by atoms with Crippen LogP contribution in [0.25, 0.3) is 0 Å². The Morgan fingerprint density at radius 3 is 2.82 bits per heavy atom. The van der Waals surface area contributed by atoms with Gasteiger partial charge < -0.3 is 15.0 Å². The van der Waals surface area contributed by atoms with Gasteiger partial charge in [-0.2, -0.15) is 0 Å². The number of piperidine rings is 1. The molecule has 0 radical (unpaired) electrons. The number of hydrogen-bond donors (Lipinski definition) is 1. The van der Waals surface area contributed by atoms with Gasteiger partial charge in [0.1, 0.15) is 0 Å². The number of nitrogens with zero attached hydrogens (tertiary/aromatic N) is 1. The summed E-state index contributed by atoms with van der Waals surface area (Å²) >= 11 is 0. The van der Waals surface area contributed by atoms with Gasteiger partial charge >= 0.3 is 0 Å². The molecule has 0 saturated carbocycles. The van der Waals surface area contributed by atoms with Crippen molar-refractivity contribution in [1.29, 1.82) is 0 Å². The number of carbonyl (C=O) groups is 1. The van der Waals surface area contributed by atoms with Crippen molar-refractivity contribution in [1.82, 2.24) is 10.2 Å². The van der Waals surface area contributed by atoms with Crippen LogP contribution in [0.15, 0.2) is 0 Å². The summed E-state index contributed by atoms with van der Waals surface area (Å²) in [6, 6.07) is 0.461. The second-order valence-electron chi connectivity index (χ2n) is 4.53. The summed E-state index contributed by atoms with van der Waals surface area (Å²) in [6.45, 7) is 7.11. The van der Waals surface area contributed by atoms with Crippen LogP contribution in [0.4, 0.5) is 0 Å². The van der Waals surface area contributed by atoms with Gasteiger partial charge in [0.25, 0.3) is 0 Å². The highest BCUT2D eigenvalue weighted by molar-refractivity contribution is 5.85. The number of hydrogen-bond acceptors (Lipinski definition) is 3. The molecule has 1 saturated heterocycles. The van der Waals surface area contributed by atoms with Crippen molar-refractivity contribution in [2.75, 3.05) is 33.4 Å². The molecule has 1 fully saturated rings. The first-order valence-corrected chi connectivity index (χ1v) is 6.21. The van der Waals surface area contributed by atoms with E-state index in [9.17, 15) is 4.79 Å². The van der Waals surface area contributed by atoms with Crippen LogP contribution in [0.2, 0.25) is 0 Å². The Bertz CT molecular complexity index is 227. The summed E-state index contributed by atoms with van der Waals surface area (Å²) in [5.41, 5.74) is 0. The fourth-order valence-corrected chi connectivity index (χ4v) is 2.12. The molecule has 1 amide bonds. The molecule has 5 heteroatoms. The molecule has 0 aromatic carbocycles. The van der Waals surface area contributed by atoms with E-state index < -0.39 is 0 Å². The fraction of sp³-hybridized carbons (Fsp3) is 0.917. The molecule has 0 aromatic heterocycles. The topological polar surface area (TPSA) is 41.6 Å². The largest absolute Gasteiger partial charge is 0.380 e. The lowest BCUT2D eigenvalue weighted by Gasteiger charge is -2.30. The van der Waals surface area contributed by atoms with Gasteiger partial charge in [0.15, 0.2) is 0 Å². The molecule has 0 aliphatic carbocycles. The third-order valence-corrected chi connectivity index (χ3v) is 3.12. The molecule has 0 bridgehead atoms. The van der Waals surface area contributed by atoms with Gasteiger partial charge in [-0.1, -0.05) is 0 Å². The third-order valence-electron chi connectivity index (χ3n) is 3.12. The van der Waals surface area contributed by atoms with Crippen molar-refractivity contribution in [3.8, 4) is 0 Å². The summed E-state index contributed by atoms with van der Waals surface area (Å²) in [5, 5.41) is 3.36. The van der Waals surface area contributed by atoms with E-state index in [1.165, 1.54) is 0 Å². The summed E-state index contributed by atoms with van der Waals surface area (Å²) in [6.07, 6.45) is 1.92. The van der Waals surface area contributed by atoms with E-state index in [4.69, 9.17) is 4.74 Å². The maximum atomic E-state index is 12.1. The van der Waals surface area contributed by atoms with Gasteiger partial charge in [-0.15, -0.1) is 12.4 Å². The van der Waals surface area contributed by atoms with Gasteiger partial charge in [0.05, 0.1) is 6.61 Å². The summed E-state index contributed by atoms with van der Waals surface area (Å²) in [5.74, 6) is 0.468. The van der Waals surface area contributed by atoms with Crippen molar-refractivity contribution in [2.45, 2.75) is 32.7 Å². The molecular weight excluding hydrogens is 240 g/mol. The van der Waals surface area contributed by atoms with Gasteiger partial charge in [-0.05, 0) is 33.2 Å². The SMILES string of the molecule is CCOCCN(C)C(=O)[C@H]1CCN[C@@H](C)C1.Cl. The van der Waals surface area contributed by atoms with E-state index in [0.29, 0.717) is 25.8 Å². The highest BCUT2D eigenvalue weighted by atomic mass is 35.5. The lowest BCUT2D eigenvalue weighted by molar-refractivity contribution is -0.136. The molecule has 0 unspecified atom stereocenters. The Morgan fingerprint density at radius 2 is 2.24 bits per heavy atom. The van der Waals surface area contributed by atoms with Crippen molar-refractivity contribution in [3.63, 3.8) is 0 Å². The van der Waals surface area contributed by atoms with Crippen molar-refractivity contribution < 1.29 is 9.53 Å². The van der Waals surface area contributed by atoms with E-state index in [-0.39, 0.29) is 24.2 Å². The molecule has 1 rings (SSSR count). The normalized spacial score (nSPS) is 23.9.